The number of nitrogens with one attached hydrogen (secondary N) is 1. The second kappa shape index (κ2) is 4.38. The molecule has 1 N–H and O–H groups in total. The van der Waals surface area contributed by atoms with E-state index in [1.807, 2.05) is 6.92 Å². The van der Waals surface area contributed by atoms with Gasteiger partial charge < -0.3 is 5.32 Å². The summed E-state index contributed by atoms with van der Waals surface area (Å²) in [6.45, 7) is 1.85. The molecule has 0 bridgehead atoms. The van der Waals surface area contributed by atoms with E-state index in [9.17, 15) is 13.0 Å². The largest absolute Gasteiger partial charge is 0.307 e. The van der Waals surface area contributed by atoms with E-state index >= 15 is 0 Å². The molecule has 0 amide bonds. The lowest BCUT2D eigenvalue weighted by atomic mass is 10.0. The Morgan fingerprint density at radius 3 is 2.72 bits per heavy atom. The maximum absolute atomic E-state index is 13.8. The van der Waals surface area contributed by atoms with Gasteiger partial charge in [0, 0.05) is 23.4 Å². The molecule has 1 saturated carbocycles. The lowest BCUT2D eigenvalue weighted by molar-refractivity contribution is 0.456. The average Bonchev–Trinajstić information content (AvgIpc) is 3.08. The fourth-order valence-electron chi connectivity index (χ4n) is 2.49. The topological polar surface area (TPSA) is 29.1 Å². The van der Waals surface area contributed by atoms with Crippen LogP contribution in [0.25, 0.3) is 0 Å². The van der Waals surface area contributed by atoms with Crippen molar-refractivity contribution >= 4 is 10.8 Å². The van der Waals surface area contributed by atoms with E-state index in [0.717, 1.165) is 18.9 Å². The van der Waals surface area contributed by atoms with Crippen LogP contribution in [0.5, 0.6) is 0 Å². The van der Waals surface area contributed by atoms with E-state index < -0.39 is 22.4 Å². The van der Waals surface area contributed by atoms with Gasteiger partial charge in [0.05, 0.1) is 15.7 Å². The highest BCUT2D eigenvalue weighted by atomic mass is 32.2. The molecule has 0 aromatic heterocycles. The number of rotatable bonds is 2. The molecule has 5 heteroatoms. The first-order chi connectivity index (χ1) is 8.56. The van der Waals surface area contributed by atoms with Gasteiger partial charge in [0.2, 0.25) is 0 Å². The Kier molecular flexibility index (Phi) is 2.98. The maximum Gasteiger partial charge on any atom is 0.142 e. The number of halogens is 2. The molecule has 0 radical (unpaired) electrons. The quantitative estimate of drug-likeness (QED) is 0.896. The molecule has 3 rings (SSSR count). The van der Waals surface area contributed by atoms with Gasteiger partial charge in [-0.3, -0.25) is 4.21 Å². The van der Waals surface area contributed by atoms with Gasteiger partial charge in [-0.1, -0.05) is 6.92 Å². The molecule has 18 heavy (non-hydrogen) atoms. The van der Waals surface area contributed by atoms with Crippen molar-refractivity contribution in [1.82, 2.24) is 5.32 Å². The summed E-state index contributed by atoms with van der Waals surface area (Å²) in [5, 5.41) is 3.28. The van der Waals surface area contributed by atoms with Crippen molar-refractivity contribution in [2.24, 2.45) is 0 Å². The summed E-state index contributed by atoms with van der Waals surface area (Å²) in [5.74, 6) is -1.28. The third kappa shape index (κ3) is 2.10. The Balaban J connectivity index is 2.06. The lowest BCUT2D eigenvalue weighted by Crippen LogP contribution is -2.33. The number of benzene rings is 1. The Bertz CT molecular complexity index is 516. The van der Waals surface area contributed by atoms with E-state index in [-0.39, 0.29) is 16.2 Å². The fourth-order valence-corrected chi connectivity index (χ4v) is 3.95. The zero-order chi connectivity index (χ0) is 12.9. The van der Waals surface area contributed by atoms with Crippen molar-refractivity contribution < 1.29 is 13.0 Å². The van der Waals surface area contributed by atoms with E-state index in [1.54, 1.807) is 0 Å². The summed E-state index contributed by atoms with van der Waals surface area (Å²) in [6, 6.07) is 2.52. The molecule has 98 valence electrons. The van der Waals surface area contributed by atoms with Crippen molar-refractivity contribution in [3.05, 3.63) is 29.3 Å². The van der Waals surface area contributed by atoms with Crippen LogP contribution in [-0.2, 0) is 10.8 Å². The Hall–Kier alpha value is -0.810. The highest BCUT2D eigenvalue weighted by Crippen LogP contribution is 2.37. The molecule has 1 aromatic carbocycles. The maximum atomic E-state index is 13.8. The molecule has 0 spiro atoms. The second-order valence-electron chi connectivity index (χ2n) is 5.14. The molecule has 0 saturated heterocycles. The molecule has 1 aliphatic carbocycles. The smallest absolute Gasteiger partial charge is 0.142 e. The lowest BCUT2D eigenvalue weighted by Gasteiger charge is -2.30. The summed E-state index contributed by atoms with van der Waals surface area (Å²) in [4.78, 5) is 0.188. The second-order valence-corrected chi connectivity index (χ2v) is 6.95. The first-order valence-electron chi connectivity index (χ1n) is 6.22. The van der Waals surface area contributed by atoms with E-state index in [1.165, 1.54) is 6.07 Å². The van der Waals surface area contributed by atoms with Crippen LogP contribution in [0, 0.1) is 11.6 Å². The Labute approximate surface area is 107 Å². The number of hydrogen-bond donors (Lipinski definition) is 1. The minimum absolute atomic E-state index is 0.0783. The summed E-state index contributed by atoms with van der Waals surface area (Å²) in [6.07, 6.45) is 2.89. The Morgan fingerprint density at radius 2 is 2.06 bits per heavy atom. The highest BCUT2D eigenvalue weighted by molar-refractivity contribution is 7.85. The van der Waals surface area contributed by atoms with E-state index in [2.05, 4.69) is 5.32 Å². The van der Waals surface area contributed by atoms with Gasteiger partial charge >= 0.3 is 0 Å². The summed E-state index contributed by atoms with van der Waals surface area (Å²) in [7, 11) is -1.38. The normalized spacial score (nSPS) is 31.2. The molecule has 3 unspecified atom stereocenters. The molecule has 2 aliphatic rings. The highest BCUT2D eigenvalue weighted by Gasteiger charge is 2.35. The van der Waals surface area contributed by atoms with Crippen molar-refractivity contribution in [3.63, 3.8) is 0 Å². The predicted octanol–water partition coefficient (Wildman–Crippen LogP) is 2.66. The van der Waals surface area contributed by atoms with Crippen LogP contribution in [0.3, 0.4) is 0 Å². The van der Waals surface area contributed by atoms with E-state index in [4.69, 9.17) is 0 Å². The monoisotopic (exact) mass is 271 g/mol. The van der Waals surface area contributed by atoms with Crippen LogP contribution >= 0.6 is 0 Å². The summed E-state index contributed by atoms with van der Waals surface area (Å²) in [5.41, 5.74) is 0.538. The number of fused-ring (bicyclic) bond motifs is 1. The van der Waals surface area contributed by atoms with Crippen LogP contribution in [0.2, 0.25) is 0 Å². The zero-order valence-corrected chi connectivity index (χ0v) is 10.9. The first kappa shape index (κ1) is 12.2. The van der Waals surface area contributed by atoms with Gasteiger partial charge in [0.25, 0.3) is 0 Å². The van der Waals surface area contributed by atoms with Crippen molar-refractivity contribution in [1.29, 1.82) is 0 Å². The fraction of sp³-hybridized carbons (Fsp3) is 0.538. The minimum atomic E-state index is -1.38. The van der Waals surface area contributed by atoms with Gasteiger partial charge in [-0.15, -0.1) is 0 Å². The third-order valence-corrected chi connectivity index (χ3v) is 5.32. The minimum Gasteiger partial charge on any atom is -0.307 e. The van der Waals surface area contributed by atoms with E-state index in [0.29, 0.717) is 18.0 Å². The molecule has 1 fully saturated rings. The molecule has 2 nitrogen and oxygen atoms in total. The SMILES string of the molecule is CC1CC(NC2CC2)c2cc(F)cc(F)c2S1=O. The van der Waals surface area contributed by atoms with Gasteiger partial charge in [-0.05, 0) is 30.9 Å². The molecule has 1 heterocycles. The van der Waals surface area contributed by atoms with Crippen LogP contribution in [0.4, 0.5) is 8.78 Å². The molecule has 3 atom stereocenters. The predicted molar refractivity (Wildman–Crippen MR) is 65.7 cm³/mol. The first-order valence-corrected chi connectivity index (χ1v) is 7.43. The van der Waals surface area contributed by atoms with Crippen molar-refractivity contribution in [3.8, 4) is 0 Å². The molecule has 1 aliphatic heterocycles. The third-order valence-electron chi connectivity index (χ3n) is 3.56. The van der Waals surface area contributed by atoms with Gasteiger partial charge in [-0.25, -0.2) is 8.78 Å². The van der Waals surface area contributed by atoms with Crippen molar-refractivity contribution in [2.45, 2.75) is 48.4 Å². The average molecular weight is 271 g/mol. The van der Waals surface area contributed by atoms with Gasteiger partial charge in [0.15, 0.2) is 0 Å². The summed E-state index contributed by atoms with van der Waals surface area (Å²) >= 11 is 0. The Morgan fingerprint density at radius 1 is 1.33 bits per heavy atom. The standard InChI is InChI=1S/C13H15F2NOS/c1-7-4-12(16-9-2-3-9)10-5-8(14)6-11(15)13(10)18(7)17/h5-7,9,12,16H,2-4H2,1H3. The molecular weight excluding hydrogens is 256 g/mol. The van der Waals surface area contributed by atoms with Crippen LogP contribution < -0.4 is 5.32 Å². The van der Waals surface area contributed by atoms with Crippen LogP contribution in [0.15, 0.2) is 17.0 Å². The zero-order valence-electron chi connectivity index (χ0n) is 10.1. The summed E-state index contributed by atoms with van der Waals surface area (Å²) < 4.78 is 39.3. The van der Waals surface area contributed by atoms with Crippen LogP contribution in [-0.4, -0.2) is 15.5 Å². The number of hydrogen-bond acceptors (Lipinski definition) is 2. The van der Waals surface area contributed by atoms with Gasteiger partial charge in [-0.2, -0.15) is 0 Å². The van der Waals surface area contributed by atoms with Gasteiger partial charge in [0.1, 0.15) is 11.6 Å². The molecular formula is C13H15F2NOS. The van der Waals surface area contributed by atoms with Crippen molar-refractivity contribution in [2.75, 3.05) is 0 Å². The van der Waals surface area contributed by atoms with Crippen LogP contribution in [0.1, 0.15) is 37.8 Å². The molecule has 1 aromatic rings.